The Morgan fingerprint density at radius 1 is 1.22 bits per heavy atom. The van der Waals surface area contributed by atoms with Crippen LogP contribution in [0.4, 0.5) is 11.4 Å². The Kier molecular flexibility index (Phi) is 3.89. The van der Waals surface area contributed by atoms with Crippen molar-refractivity contribution in [1.29, 1.82) is 5.26 Å². The molecule has 0 radical (unpaired) electrons. The minimum atomic E-state index is -0.493. The highest BCUT2D eigenvalue weighted by Gasteiger charge is 2.30. The Labute approximate surface area is 156 Å². The summed E-state index contributed by atoms with van der Waals surface area (Å²) >= 11 is 0. The minimum absolute atomic E-state index is 0.0648. The van der Waals surface area contributed by atoms with Crippen LogP contribution >= 0.6 is 0 Å². The van der Waals surface area contributed by atoms with Gasteiger partial charge in [0.25, 0.3) is 5.91 Å². The zero-order chi connectivity index (χ0) is 19.1. The summed E-state index contributed by atoms with van der Waals surface area (Å²) in [4.78, 5) is 14.3. The van der Waals surface area contributed by atoms with E-state index in [0.29, 0.717) is 17.7 Å². The standard InChI is InChI=1S/C20H18N6O/c1-12-11-25(15-8-6-14(10-21)7-9-15)18-16(19(22)27)4-3-5-17(18)26-13(2)23-24-20(12)26/h3-9,12H,11H2,1-2H3,(H2,22,27)/t12-/m1/s1. The molecule has 0 saturated carbocycles. The average Bonchev–Trinajstić information content (AvgIpc) is 3.01. The molecule has 1 aromatic heterocycles. The number of benzene rings is 2. The second kappa shape index (κ2) is 6.25. The molecular formula is C20H18N6O. The lowest BCUT2D eigenvalue weighted by Crippen LogP contribution is -2.25. The lowest BCUT2D eigenvalue weighted by Gasteiger charge is -2.28. The van der Waals surface area contributed by atoms with Crippen LogP contribution in [0, 0.1) is 18.3 Å². The Bertz CT molecular complexity index is 1080. The molecule has 0 aliphatic carbocycles. The number of aryl methyl sites for hydroxylation is 1. The van der Waals surface area contributed by atoms with Gasteiger partial charge in [0.05, 0.1) is 28.6 Å². The maximum Gasteiger partial charge on any atom is 0.250 e. The SMILES string of the molecule is Cc1nnc2n1-c1cccc(C(N)=O)c1N(c1ccc(C#N)cc1)C[C@H]2C. The summed E-state index contributed by atoms with van der Waals surface area (Å²) < 4.78 is 1.98. The first-order valence-corrected chi connectivity index (χ1v) is 8.64. The molecule has 1 atom stereocenters. The first-order valence-electron chi connectivity index (χ1n) is 8.64. The van der Waals surface area contributed by atoms with E-state index in [0.717, 1.165) is 28.7 Å². The fourth-order valence-corrected chi connectivity index (χ4v) is 3.59. The zero-order valence-electron chi connectivity index (χ0n) is 15.0. The lowest BCUT2D eigenvalue weighted by molar-refractivity contribution is 0.100. The van der Waals surface area contributed by atoms with Crippen LogP contribution in [-0.2, 0) is 0 Å². The third-order valence-electron chi connectivity index (χ3n) is 4.85. The van der Waals surface area contributed by atoms with Crippen molar-refractivity contribution in [3.05, 3.63) is 65.2 Å². The van der Waals surface area contributed by atoms with E-state index in [2.05, 4.69) is 28.1 Å². The number of nitriles is 1. The molecule has 2 N–H and O–H groups in total. The number of hydrogen-bond acceptors (Lipinski definition) is 5. The van der Waals surface area contributed by atoms with E-state index in [-0.39, 0.29) is 5.92 Å². The van der Waals surface area contributed by atoms with Crippen LogP contribution in [0.15, 0.2) is 42.5 Å². The highest BCUT2D eigenvalue weighted by atomic mass is 16.1. The third kappa shape index (κ3) is 2.62. The molecule has 134 valence electrons. The summed E-state index contributed by atoms with van der Waals surface area (Å²) in [5.74, 6) is 1.16. The fraction of sp³-hybridized carbons (Fsp3) is 0.200. The smallest absolute Gasteiger partial charge is 0.250 e. The van der Waals surface area contributed by atoms with Crippen molar-refractivity contribution >= 4 is 17.3 Å². The number of fused-ring (bicyclic) bond motifs is 3. The van der Waals surface area contributed by atoms with Crippen LogP contribution in [-0.4, -0.2) is 27.2 Å². The van der Waals surface area contributed by atoms with Crippen LogP contribution in [0.25, 0.3) is 5.69 Å². The van der Waals surface area contributed by atoms with Gasteiger partial charge in [0.1, 0.15) is 11.6 Å². The predicted octanol–water partition coefficient (Wildman–Crippen LogP) is 2.80. The van der Waals surface area contributed by atoms with E-state index in [1.54, 1.807) is 18.2 Å². The quantitative estimate of drug-likeness (QED) is 0.759. The maximum atomic E-state index is 12.2. The van der Waals surface area contributed by atoms with Crippen molar-refractivity contribution < 1.29 is 4.79 Å². The van der Waals surface area contributed by atoms with E-state index >= 15 is 0 Å². The Hall–Kier alpha value is -3.66. The monoisotopic (exact) mass is 358 g/mol. The third-order valence-corrected chi connectivity index (χ3v) is 4.85. The number of nitrogens with zero attached hydrogens (tertiary/aromatic N) is 5. The number of rotatable bonds is 2. The average molecular weight is 358 g/mol. The van der Waals surface area contributed by atoms with Crippen LogP contribution in [0.1, 0.15) is 40.4 Å². The van der Waals surface area contributed by atoms with Gasteiger partial charge in [0, 0.05) is 18.2 Å². The molecule has 2 aromatic carbocycles. The van der Waals surface area contributed by atoms with Crippen molar-refractivity contribution in [2.45, 2.75) is 19.8 Å². The Morgan fingerprint density at radius 2 is 1.96 bits per heavy atom. The van der Waals surface area contributed by atoms with Gasteiger partial charge in [0.15, 0.2) is 0 Å². The number of nitrogens with two attached hydrogens (primary N) is 1. The second-order valence-electron chi connectivity index (χ2n) is 6.65. The number of carbonyl (C=O) groups excluding carboxylic acids is 1. The van der Waals surface area contributed by atoms with Gasteiger partial charge in [-0.2, -0.15) is 5.26 Å². The van der Waals surface area contributed by atoms with Crippen molar-refractivity contribution in [2.75, 3.05) is 11.4 Å². The van der Waals surface area contributed by atoms with E-state index in [4.69, 9.17) is 11.0 Å². The minimum Gasteiger partial charge on any atom is -0.366 e. The topological polar surface area (TPSA) is 101 Å². The lowest BCUT2D eigenvalue weighted by atomic mass is 10.1. The van der Waals surface area contributed by atoms with Gasteiger partial charge >= 0.3 is 0 Å². The molecule has 4 rings (SSSR count). The van der Waals surface area contributed by atoms with Gasteiger partial charge in [-0.25, -0.2) is 0 Å². The number of amides is 1. The summed E-state index contributed by atoms with van der Waals surface area (Å²) in [5, 5.41) is 17.7. The first kappa shape index (κ1) is 16.8. The fourth-order valence-electron chi connectivity index (χ4n) is 3.59. The van der Waals surface area contributed by atoms with Crippen LogP contribution < -0.4 is 10.6 Å². The normalized spacial score (nSPS) is 15.4. The summed E-state index contributed by atoms with van der Waals surface area (Å²) in [5.41, 5.74) is 9.13. The summed E-state index contributed by atoms with van der Waals surface area (Å²) in [6.45, 7) is 4.56. The maximum absolute atomic E-state index is 12.2. The first-order chi connectivity index (χ1) is 13.0. The van der Waals surface area contributed by atoms with Crippen LogP contribution in [0.3, 0.4) is 0 Å². The number of aromatic nitrogens is 3. The second-order valence-corrected chi connectivity index (χ2v) is 6.65. The number of para-hydroxylation sites is 1. The number of anilines is 2. The van der Waals surface area contributed by atoms with Crippen LogP contribution in [0.2, 0.25) is 0 Å². The summed E-state index contributed by atoms with van der Waals surface area (Å²) in [6.07, 6.45) is 0. The molecule has 0 spiro atoms. The predicted molar refractivity (Wildman–Crippen MR) is 101 cm³/mol. The van der Waals surface area contributed by atoms with E-state index < -0.39 is 5.91 Å². The van der Waals surface area contributed by atoms with E-state index in [9.17, 15) is 4.79 Å². The molecule has 3 aromatic rings. The molecular weight excluding hydrogens is 340 g/mol. The van der Waals surface area contributed by atoms with Crippen molar-refractivity contribution in [1.82, 2.24) is 14.8 Å². The Morgan fingerprint density at radius 3 is 2.63 bits per heavy atom. The van der Waals surface area contributed by atoms with Gasteiger partial charge in [0.2, 0.25) is 0 Å². The van der Waals surface area contributed by atoms with E-state index in [1.807, 2.05) is 35.8 Å². The van der Waals surface area contributed by atoms with Crippen molar-refractivity contribution in [3.8, 4) is 11.8 Å². The molecule has 7 nitrogen and oxygen atoms in total. The zero-order valence-corrected chi connectivity index (χ0v) is 15.0. The van der Waals surface area contributed by atoms with E-state index in [1.165, 1.54) is 0 Å². The molecule has 1 aliphatic rings. The van der Waals surface area contributed by atoms with Gasteiger partial charge in [-0.05, 0) is 43.3 Å². The van der Waals surface area contributed by atoms with Crippen molar-refractivity contribution in [2.24, 2.45) is 5.73 Å². The molecule has 1 aliphatic heterocycles. The summed E-state index contributed by atoms with van der Waals surface area (Å²) in [7, 11) is 0. The molecule has 7 heteroatoms. The summed E-state index contributed by atoms with van der Waals surface area (Å²) in [6, 6.07) is 14.9. The molecule has 0 saturated heterocycles. The van der Waals surface area contributed by atoms with Gasteiger partial charge in [-0.3, -0.25) is 9.36 Å². The molecule has 1 amide bonds. The molecule has 27 heavy (non-hydrogen) atoms. The number of carbonyl (C=O) groups is 1. The van der Waals surface area contributed by atoms with Gasteiger partial charge in [-0.1, -0.05) is 13.0 Å². The molecule has 0 bridgehead atoms. The number of hydrogen-bond donors (Lipinski definition) is 1. The Balaban J connectivity index is 2.01. The van der Waals surface area contributed by atoms with Crippen molar-refractivity contribution in [3.63, 3.8) is 0 Å². The van der Waals surface area contributed by atoms with Crippen LogP contribution in [0.5, 0.6) is 0 Å². The number of primary amides is 1. The largest absolute Gasteiger partial charge is 0.366 e. The van der Waals surface area contributed by atoms with Gasteiger partial charge in [-0.15, -0.1) is 10.2 Å². The highest BCUT2D eigenvalue weighted by Crippen LogP contribution is 2.40. The molecule has 0 fully saturated rings. The molecule has 2 heterocycles. The van der Waals surface area contributed by atoms with Gasteiger partial charge < -0.3 is 10.6 Å². The molecule has 0 unspecified atom stereocenters. The highest BCUT2D eigenvalue weighted by molar-refractivity contribution is 6.02.